The van der Waals surface area contributed by atoms with Crippen LogP contribution < -0.4 is 10.1 Å². The molecule has 0 radical (unpaired) electrons. The summed E-state index contributed by atoms with van der Waals surface area (Å²) < 4.78 is 6.96. The summed E-state index contributed by atoms with van der Waals surface area (Å²) in [7, 11) is 1.93. The van der Waals surface area contributed by atoms with Gasteiger partial charge < -0.3 is 10.1 Å². The van der Waals surface area contributed by atoms with E-state index in [-0.39, 0.29) is 6.04 Å². The first-order valence-electron chi connectivity index (χ1n) is 6.17. The van der Waals surface area contributed by atoms with Gasteiger partial charge >= 0.3 is 0 Å². The Kier molecular flexibility index (Phi) is 4.56. The molecule has 3 nitrogen and oxygen atoms in total. The fraction of sp³-hybridized carbons (Fsp3) is 0.267. The molecule has 0 fully saturated rings. The lowest BCUT2D eigenvalue weighted by Crippen LogP contribution is -2.13. The van der Waals surface area contributed by atoms with E-state index in [1.165, 1.54) is 0 Å². The highest BCUT2D eigenvalue weighted by molar-refractivity contribution is 9.10. The molecule has 0 spiro atoms. The molecule has 0 aliphatic heterocycles. The minimum absolute atomic E-state index is 0.214. The van der Waals surface area contributed by atoms with Crippen molar-refractivity contribution in [3.8, 4) is 11.5 Å². The molecular weight excluding hydrogens is 304 g/mol. The zero-order chi connectivity index (χ0) is 13.8. The molecule has 0 amide bonds. The predicted molar refractivity (Wildman–Crippen MR) is 80.7 cm³/mol. The summed E-state index contributed by atoms with van der Waals surface area (Å²) >= 11 is 3.49. The zero-order valence-electron chi connectivity index (χ0n) is 11.3. The molecule has 4 heteroatoms. The molecule has 1 aromatic heterocycles. The van der Waals surface area contributed by atoms with Crippen LogP contribution >= 0.6 is 15.9 Å². The first-order chi connectivity index (χ1) is 9.10. The molecule has 0 aliphatic rings. The molecule has 100 valence electrons. The molecule has 1 N–H and O–H groups in total. The molecule has 2 aromatic rings. The second kappa shape index (κ2) is 6.17. The zero-order valence-corrected chi connectivity index (χ0v) is 12.9. The number of nitrogens with zero attached hydrogens (tertiary/aromatic N) is 1. The minimum atomic E-state index is 0.214. The van der Waals surface area contributed by atoms with Crippen molar-refractivity contribution in [3.63, 3.8) is 0 Å². The van der Waals surface area contributed by atoms with E-state index in [1.54, 1.807) is 6.20 Å². The molecule has 0 saturated carbocycles. The molecule has 1 unspecified atom stereocenters. The SMILES string of the molecule is CNC(C)c1cc(Br)ccc1Oc1ccc(C)nc1. The Morgan fingerprint density at radius 1 is 1.26 bits per heavy atom. The normalized spacial score (nSPS) is 12.2. The number of rotatable bonds is 4. The molecule has 1 aromatic carbocycles. The van der Waals surface area contributed by atoms with Gasteiger partial charge in [0.2, 0.25) is 0 Å². The van der Waals surface area contributed by atoms with Gasteiger partial charge in [-0.05, 0) is 51.2 Å². The summed E-state index contributed by atoms with van der Waals surface area (Å²) in [5.41, 5.74) is 2.09. The van der Waals surface area contributed by atoms with Gasteiger partial charge in [0, 0.05) is 21.8 Å². The number of hydrogen-bond acceptors (Lipinski definition) is 3. The van der Waals surface area contributed by atoms with Crippen molar-refractivity contribution in [2.75, 3.05) is 7.05 Å². The largest absolute Gasteiger partial charge is 0.455 e. The first kappa shape index (κ1) is 14.0. The summed E-state index contributed by atoms with van der Waals surface area (Å²) in [6.45, 7) is 4.06. The molecule has 0 aliphatic carbocycles. The maximum absolute atomic E-state index is 5.92. The van der Waals surface area contributed by atoms with Crippen LogP contribution in [0, 0.1) is 6.92 Å². The van der Waals surface area contributed by atoms with Crippen molar-refractivity contribution in [2.24, 2.45) is 0 Å². The average Bonchev–Trinajstić information content (AvgIpc) is 2.42. The second-order valence-corrected chi connectivity index (χ2v) is 5.35. The highest BCUT2D eigenvalue weighted by Gasteiger charge is 2.11. The standard InChI is InChI=1S/C15H17BrN2O/c1-10-4-6-13(9-18-10)19-15-7-5-12(16)8-14(15)11(2)17-3/h4-9,11,17H,1-3H3. The maximum atomic E-state index is 5.92. The van der Waals surface area contributed by atoms with E-state index in [4.69, 9.17) is 4.74 Å². The number of hydrogen-bond donors (Lipinski definition) is 1. The highest BCUT2D eigenvalue weighted by atomic mass is 79.9. The average molecular weight is 321 g/mol. The number of ether oxygens (including phenoxy) is 1. The lowest BCUT2D eigenvalue weighted by Gasteiger charge is -2.16. The lowest BCUT2D eigenvalue weighted by atomic mass is 10.1. The molecule has 19 heavy (non-hydrogen) atoms. The summed E-state index contributed by atoms with van der Waals surface area (Å²) in [6.07, 6.45) is 1.74. The van der Waals surface area contributed by atoms with Gasteiger partial charge in [-0.2, -0.15) is 0 Å². The number of pyridine rings is 1. The highest BCUT2D eigenvalue weighted by Crippen LogP contribution is 2.31. The van der Waals surface area contributed by atoms with E-state index in [0.717, 1.165) is 27.2 Å². The molecule has 2 rings (SSSR count). The van der Waals surface area contributed by atoms with Crippen molar-refractivity contribution in [3.05, 3.63) is 52.3 Å². The number of aromatic nitrogens is 1. The first-order valence-corrected chi connectivity index (χ1v) is 6.96. The minimum Gasteiger partial charge on any atom is -0.455 e. The van der Waals surface area contributed by atoms with Gasteiger partial charge in [-0.15, -0.1) is 0 Å². The fourth-order valence-electron chi connectivity index (χ4n) is 1.75. The van der Waals surface area contributed by atoms with Crippen molar-refractivity contribution < 1.29 is 4.74 Å². The van der Waals surface area contributed by atoms with E-state index < -0.39 is 0 Å². The van der Waals surface area contributed by atoms with Crippen molar-refractivity contribution in [1.82, 2.24) is 10.3 Å². The Bertz CT molecular complexity index is 555. The van der Waals surface area contributed by atoms with Gasteiger partial charge in [-0.25, -0.2) is 0 Å². The van der Waals surface area contributed by atoms with Crippen LogP contribution in [-0.2, 0) is 0 Å². The smallest absolute Gasteiger partial charge is 0.145 e. The van der Waals surface area contributed by atoms with Crippen molar-refractivity contribution >= 4 is 15.9 Å². The molecule has 0 saturated heterocycles. The van der Waals surface area contributed by atoms with Crippen LogP contribution in [0.3, 0.4) is 0 Å². The van der Waals surface area contributed by atoms with E-state index in [0.29, 0.717) is 0 Å². The summed E-state index contributed by atoms with van der Waals surface area (Å²) in [5, 5.41) is 3.23. The van der Waals surface area contributed by atoms with Gasteiger partial charge in [0.05, 0.1) is 6.20 Å². The van der Waals surface area contributed by atoms with Gasteiger partial charge in [0.15, 0.2) is 0 Å². The summed E-state index contributed by atoms with van der Waals surface area (Å²) in [6, 6.07) is 10.1. The third-order valence-corrected chi connectivity index (χ3v) is 3.48. The monoisotopic (exact) mass is 320 g/mol. The predicted octanol–water partition coefficient (Wildman–Crippen LogP) is 4.23. The van der Waals surface area contributed by atoms with E-state index >= 15 is 0 Å². The third-order valence-electron chi connectivity index (χ3n) is 2.98. The van der Waals surface area contributed by atoms with E-state index in [9.17, 15) is 0 Å². The molecule has 1 atom stereocenters. The third kappa shape index (κ3) is 3.55. The Hall–Kier alpha value is -1.39. The van der Waals surface area contributed by atoms with Gasteiger partial charge in [-0.3, -0.25) is 4.98 Å². The van der Waals surface area contributed by atoms with Crippen LogP contribution in [-0.4, -0.2) is 12.0 Å². The van der Waals surface area contributed by atoms with Crippen molar-refractivity contribution in [2.45, 2.75) is 19.9 Å². The Morgan fingerprint density at radius 3 is 2.68 bits per heavy atom. The Labute approximate surface area is 122 Å². The number of aryl methyl sites for hydroxylation is 1. The maximum Gasteiger partial charge on any atom is 0.145 e. The summed E-state index contributed by atoms with van der Waals surface area (Å²) in [4.78, 5) is 4.24. The van der Waals surface area contributed by atoms with Crippen LogP contribution in [0.2, 0.25) is 0 Å². The van der Waals surface area contributed by atoms with Crippen LogP contribution in [0.15, 0.2) is 41.0 Å². The van der Waals surface area contributed by atoms with Crippen molar-refractivity contribution in [1.29, 1.82) is 0 Å². The number of benzene rings is 1. The summed E-state index contributed by atoms with van der Waals surface area (Å²) in [5.74, 6) is 1.59. The quantitative estimate of drug-likeness (QED) is 0.915. The van der Waals surface area contributed by atoms with Crippen LogP contribution in [0.1, 0.15) is 24.2 Å². The lowest BCUT2D eigenvalue weighted by molar-refractivity contribution is 0.464. The molecule has 1 heterocycles. The molecular formula is C15H17BrN2O. The van der Waals surface area contributed by atoms with Crippen LogP contribution in [0.4, 0.5) is 0 Å². The Balaban J connectivity index is 2.31. The Morgan fingerprint density at radius 2 is 2.05 bits per heavy atom. The van der Waals surface area contributed by atoms with Gasteiger partial charge in [0.1, 0.15) is 11.5 Å². The fourth-order valence-corrected chi connectivity index (χ4v) is 2.13. The second-order valence-electron chi connectivity index (χ2n) is 4.43. The van der Waals surface area contributed by atoms with Crippen LogP contribution in [0.5, 0.6) is 11.5 Å². The van der Waals surface area contributed by atoms with E-state index in [2.05, 4.69) is 39.2 Å². The number of nitrogens with one attached hydrogen (secondary N) is 1. The topological polar surface area (TPSA) is 34.1 Å². The molecule has 0 bridgehead atoms. The van der Waals surface area contributed by atoms with Gasteiger partial charge in [0.25, 0.3) is 0 Å². The number of halogens is 1. The van der Waals surface area contributed by atoms with E-state index in [1.807, 2.05) is 38.2 Å². The van der Waals surface area contributed by atoms with Gasteiger partial charge in [-0.1, -0.05) is 15.9 Å². The van der Waals surface area contributed by atoms with Crippen LogP contribution in [0.25, 0.3) is 0 Å².